The molecule has 0 spiro atoms. The number of carbonyl (C=O) groups is 1. The molecule has 4 heteroatoms. The van der Waals surface area contributed by atoms with Gasteiger partial charge in [0, 0.05) is 0 Å². The van der Waals surface area contributed by atoms with Gasteiger partial charge in [0.2, 0.25) is 5.91 Å². The maximum Gasteiger partial charge on any atom is 0.239 e. The average molecular weight is 203 g/mol. The third-order valence-corrected chi connectivity index (χ3v) is 2.09. The molecular formula is C11H13N3O. The minimum Gasteiger partial charge on any atom is -0.373 e. The number of carbonyl (C=O) groups excluding carboxylic acids is 1. The smallest absolute Gasteiger partial charge is 0.239 e. The average Bonchev–Trinajstić information content (AvgIpc) is 2.20. The highest BCUT2D eigenvalue weighted by Gasteiger charge is 2.10. The van der Waals surface area contributed by atoms with Crippen LogP contribution in [0.5, 0.6) is 0 Å². The van der Waals surface area contributed by atoms with E-state index in [-0.39, 0.29) is 0 Å². The van der Waals surface area contributed by atoms with E-state index in [1.165, 1.54) is 0 Å². The Hall–Kier alpha value is -2.02. The first-order valence-electron chi connectivity index (χ1n) is 4.61. The number of nitrogens with one attached hydrogen (secondary N) is 1. The lowest BCUT2D eigenvalue weighted by Crippen LogP contribution is -2.32. The molecule has 0 fully saturated rings. The summed E-state index contributed by atoms with van der Waals surface area (Å²) >= 11 is 0. The van der Waals surface area contributed by atoms with E-state index >= 15 is 0 Å². The fraction of sp³-hybridized carbons (Fsp3) is 0.273. The maximum absolute atomic E-state index is 10.8. The fourth-order valence-corrected chi connectivity index (χ4v) is 1.18. The van der Waals surface area contributed by atoms with Crippen molar-refractivity contribution in [2.45, 2.75) is 19.9 Å². The summed E-state index contributed by atoms with van der Waals surface area (Å²) in [5.74, 6) is -0.445. The van der Waals surface area contributed by atoms with Gasteiger partial charge in [0.25, 0.3) is 0 Å². The van der Waals surface area contributed by atoms with Gasteiger partial charge in [-0.3, -0.25) is 4.79 Å². The molecule has 0 aliphatic heterocycles. The predicted octanol–water partition coefficient (Wildman–Crippen LogP) is 1.15. The first-order chi connectivity index (χ1) is 7.04. The Morgan fingerprint density at radius 2 is 2.27 bits per heavy atom. The zero-order valence-electron chi connectivity index (χ0n) is 8.74. The number of aryl methyl sites for hydroxylation is 1. The number of hydrogen-bond acceptors (Lipinski definition) is 3. The van der Waals surface area contributed by atoms with E-state index in [0.29, 0.717) is 11.3 Å². The first-order valence-corrected chi connectivity index (χ1v) is 4.61. The minimum atomic E-state index is -0.486. The van der Waals surface area contributed by atoms with E-state index in [4.69, 9.17) is 11.0 Å². The largest absolute Gasteiger partial charge is 0.373 e. The van der Waals surface area contributed by atoms with Crippen molar-refractivity contribution in [2.75, 3.05) is 5.32 Å². The van der Waals surface area contributed by atoms with Crippen LogP contribution in [0.3, 0.4) is 0 Å². The van der Waals surface area contributed by atoms with Crippen LogP contribution in [0, 0.1) is 18.3 Å². The van der Waals surface area contributed by atoms with Gasteiger partial charge in [-0.05, 0) is 31.5 Å². The number of nitriles is 1. The molecule has 1 rings (SSSR count). The summed E-state index contributed by atoms with van der Waals surface area (Å²) in [4.78, 5) is 10.8. The quantitative estimate of drug-likeness (QED) is 0.773. The number of benzene rings is 1. The topological polar surface area (TPSA) is 78.9 Å². The number of rotatable bonds is 3. The van der Waals surface area contributed by atoms with Gasteiger partial charge in [-0.25, -0.2) is 0 Å². The maximum atomic E-state index is 10.8. The van der Waals surface area contributed by atoms with Gasteiger partial charge in [-0.1, -0.05) is 6.07 Å². The molecule has 1 amide bonds. The molecule has 1 unspecified atom stereocenters. The molecule has 78 valence electrons. The molecule has 0 aliphatic rings. The number of nitrogens with two attached hydrogens (primary N) is 1. The molecule has 0 heterocycles. The SMILES string of the molecule is Cc1ccc(NC(C)C(N)=O)c(C#N)c1. The molecule has 0 aliphatic carbocycles. The van der Waals surface area contributed by atoms with Crippen LogP contribution in [-0.4, -0.2) is 11.9 Å². The van der Waals surface area contributed by atoms with Crippen LogP contribution in [0.4, 0.5) is 5.69 Å². The van der Waals surface area contributed by atoms with E-state index in [0.717, 1.165) is 5.56 Å². The van der Waals surface area contributed by atoms with Crippen molar-refractivity contribution in [2.24, 2.45) is 5.73 Å². The summed E-state index contributed by atoms with van der Waals surface area (Å²) in [6.45, 7) is 3.56. The lowest BCUT2D eigenvalue weighted by Gasteiger charge is -2.13. The van der Waals surface area contributed by atoms with Gasteiger partial charge in [-0.2, -0.15) is 5.26 Å². The Morgan fingerprint density at radius 3 is 2.80 bits per heavy atom. The molecule has 0 saturated heterocycles. The Labute approximate surface area is 88.7 Å². The summed E-state index contributed by atoms with van der Waals surface area (Å²) in [5, 5.41) is 11.8. The van der Waals surface area contributed by atoms with Crippen molar-refractivity contribution < 1.29 is 4.79 Å². The van der Waals surface area contributed by atoms with E-state index < -0.39 is 11.9 Å². The Kier molecular flexibility index (Phi) is 3.29. The van der Waals surface area contributed by atoms with Crippen molar-refractivity contribution >= 4 is 11.6 Å². The molecule has 0 bridgehead atoms. The second-order valence-corrected chi connectivity index (χ2v) is 3.43. The van der Waals surface area contributed by atoms with E-state index in [9.17, 15) is 4.79 Å². The third kappa shape index (κ3) is 2.71. The van der Waals surface area contributed by atoms with Crippen molar-refractivity contribution in [3.63, 3.8) is 0 Å². The number of hydrogen-bond donors (Lipinski definition) is 2. The molecule has 3 N–H and O–H groups in total. The predicted molar refractivity (Wildman–Crippen MR) is 58.2 cm³/mol. The normalized spacial score (nSPS) is 11.5. The summed E-state index contributed by atoms with van der Waals surface area (Å²) in [5.41, 5.74) is 7.27. The number of anilines is 1. The molecule has 1 aromatic carbocycles. The Balaban J connectivity index is 2.96. The molecule has 0 aromatic heterocycles. The van der Waals surface area contributed by atoms with E-state index in [2.05, 4.69) is 11.4 Å². The summed E-state index contributed by atoms with van der Waals surface area (Å²) < 4.78 is 0. The number of primary amides is 1. The molecule has 4 nitrogen and oxygen atoms in total. The van der Waals surface area contributed by atoms with Crippen LogP contribution in [0.25, 0.3) is 0 Å². The highest BCUT2D eigenvalue weighted by molar-refractivity contribution is 5.83. The van der Waals surface area contributed by atoms with Crippen LogP contribution in [0.1, 0.15) is 18.1 Å². The molecule has 1 atom stereocenters. The standard InChI is InChI=1S/C11H13N3O/c1-7-3-4-10(9(5-7)6-12)14-8(2)11(13)15/h3-5,8,14H,1-2H3,(H2,13,15). The Morgan fingerprint density at radius 1 is 1.60 bits per heavy atom. The third-order valence-electron chi connectivity index (χ3n) is 2.09. The van der Waals surface area contributed by atoms with Gasteiger partial charge in [-0.15, -0.1) is 0 Å². The lowest BCUT2D eigenvalue weighted by molar-refractivity contribution is -0.118. The molecular weight excluding hydrogens is 190 g/mol. The molecule has 15 heavy (non-hydrogen) atoms. The van der Waals surface area contributed by atoms with E-state index in [1.54, 1.807) is 19.1 Å². The number of nitrogens with zero attached hydrogens (tertiary/aromatic N) is 1. The zero-order chi connectivity index (χ0) is 11.4. The second-order valence-electron chi connectivity index (χ2n) is 3.43. The first kappa shape index (κ1) is 11.1. The van der Waals surface area contributed by atoms with Crippen LogP contribution in [0.15, 0.2) is 18.2 Å². The van der Waals surface area contributed by atoms with E-state index in [1.807, 2.05) is 13.0 Å². The Bertz CT molecular complexity index is 420. The second kappa shape index (κ2) is 4.47. The van der Waals surface area contributed by atoms with Crippen LogP contribution < -0.4 is 11.1 Å². The van der Waals surface area contributed by atoms with Crippen molar-refractivity contribution in [3.8, 4) is 6.07 Å². The minimum absolute atomic E-state index is 0.445. The van der Waals surface area contributed by atoms with Gasteiger partial charge in [0.15, 0.2) is 0 Å². The summed E-state index contributed by atoms with van der Waals surface area (Å²) in [7, 11) is 0. The monoisotopic (exact) mass is 203 g/mol. The summed E-state index contributed by atoms with van der Waals surface area (Å²) in [6.07, 6.45) is 0. The highest BCUT2D eigenvalue weighted by Crippen LogP contribution is 2.16. The molecule has 1 aromatic rings. The lowest BCUT2D eigenvalue weighted by atomic mass is 10.1. The number of amides is 1. The van der Waals surface area contributed by atoms with Gasteiger partial charge in [0.1, 0.15) is 12.1 Å². The molecule has 0 saturated carbocycles. The fourth-order valence-electron chi connectivity index (χ4n) is 1.18. The van der Waals surface area contributed by atoms with Crippen molar-refractivity contribution in [1.29, 1.82) is 5.26 Å². The van der Waals surface area contributed by atoms with Crippen LogP contribution in [-0.2, 0) is 4.79 Å². The molecule has 0 radical (unpaired) electrons. The van der Waals surface area contributed by atoms with Crippen molar-refractivity contribution in [3.05, 3.63) is 29.3 Å². The van der Waals surface area contributed by atoms with Gasteiger partial charge >= 0.3 is 0 Å². The van der Waals surface area contributed by atoms with Gasteiger partial charge < -0.3 is 11.1 Å². The highest BCUT2D eigenvalue weighted by atomic mass is 16.1. The zero-order valence-corrected chi connectivity index (χ0v) is 8.74. The van der Waals surface area contributed by atoms with Gasteiger partial charge in [0.05, 0.1) is 11.3 Å². The van der Waals surface area contributed by atoms with Crippen LogP contribution >= 0.6 is 0 Å². The van der Waals surface area contributed by atoms with Crippen molar-refractivity contribution in [1.82, 2.24) is 0 Å². The van der Waals surface area contributed by atoms with Crippen LogP contribution in [0.2, 0.25) is 0 Å². The summed E-state index contributed by atoms with van der Waals surface area (Å²) in [6, 6.07) is 6.98.